The molecule has 0 radical (unpaired) electrons. The molecule has 0 aromatic rings. The Morgan fingerprint density at radius 1 is 1.80 bits per heavy atom. The highest BCUT2D eigenvalue weighted by Crippen LogP contribution is 1.78. The van der Waals surface area contributed by atoms with Gasteiger partial charge in [0.05, 0.1) is 0 Å². The van der Waals surface area contributed by atoms with E-state index in [1.807, 2.05) is 0 Å². The van der Waals surface area contributed by atoms with E-state index in [1.54, 1.807) is 6.08 Å². The molecule has 0 atom stereocenters. The molecule has 0 heterocycles. The van der Waals surface area contributed by atoms with Crippen LogP contribution in [0.4, 0.5) is 0 Å². The van der Waals surface area contributed by atoms with Gasteiger partial charge in [-0.1, -0.05) is 17.7 Å². The fraction of sp³-hybridized carbons (Fsp3) is 0.333. The first-order valence-electron chi connectivity index (χ1n) is 1.28. The summed E-state index contributed by atoms with van der Waals surface area (Å²) in [5, 5.41) is 0. The summed E-state index contributed by atoms with van der Waals surface area (Å²) in [7, 11) is 0. The van der Waals surface area contributed by atoms with E-state index in [9.17, 15) is 0 Å². The van der Waals surface area contributed by atoms with Gasteiger partial charge in [0.2, 0.25) is 0 Å². The molecule has 0 rings (SSSR count). The highest BCUT2D eigenvalue weighted by atomic mass is 35.5. The van der Waals surface area contributed by atoms with Crippen molar-refractivity contribution in [1.29, 1.82) is 0 Å². The van der Waals surface area contributed by atoms with Crippen LogP contribution >= 0.6 is 24.2 Å². The van der Waals surface area contributed by atoms with E-state index < -0.39 is 0 Å². The lowest BCUT2D eigenvalue weighted by atomic mass is 10.8. The first kappa shape index (κ1) is 5.38. The minimum absolute atomic E-state index is 0.726. The number of hydrogen-bond acceptors (Lipinski definition) is 1. The Kier molecular flexibility index (Phi) is 4.71. The highest BCUT2D eigenvalue weighted by Gasteiger charge is 1.54. The smallest absolute Gasteiger partial charge is 0.00942 e. The molecule has 0 amide bonds. The molecule has 0 saturated heterocycles. The van der Waals surface area contributed by atoms with Gasteiger partial charge in [-0.15, -0.1) is 0 Å². The SMILES string of the molecule is SC/C=C/Cl. The zero-order valence-corrected chi connectivity index (χ0v) is 4.34. The molecule has 5 heavy (non-hydrogen) atoms. The van der Waals surface area contributed by atoms with E-state index in [0.717, 1.165) is 5.75 Å². The molecule has 0 aliphatic heterocycles. The van der Waals surface area contributed by atoms with Crippen molar-refractivity contribution < 1.29 is 0 Å². The maximum atomic E-state index is 5.07. The quantitative estimate of drug-likeness (QED) is 0.486. The van der Waals surface area contributed by atoms with Gasteiger partial charge in [0, 0.05) is 11.3 Å². The van der Waals surface area contributed by atoms with Gasteiger partial charge in [-0.05, 0) is 0 Å². The Bertz CT molecular complexity index is 33.9. The van der Waals surface area contributed by atoms with Gasteiger partial charge >= 0.3 is 0 Å². The summed E-state index contributed by atoms with van der Waals surface area (Å²) in [4.78, 5) is 0. The molecule has 0 bridgehead atoms. The van der Waals surface area contributed by atoms with Crippen LogP contribution < -0.4 is 0 Å². The van der Waals surface area contributed by atoms with Crippen LogP contribution in [-0.2, 0) is 0 Å². The minimum atomic E-state index is 0.726. The molecule has 0 nitrogen and oxygen atoms in total. The summed E-state index contributed by atoms with van der Waals surface area (Å²) in [5.74, 6) is 0.726. The minimum Gasteiger partial charge on any atom is -0.175 e. The second kappa shape index (κ2) is 4.38. The zero-order valence-electron chi connectivity index (χ0n) is 2.69. The monoisotopic (exact) mass is 108 g/mol. The fourth-order valence-corrected chi connectivity index (χ4v) is 0.359. The molecule has 2 heteroatoms. The van der Waals surface area contributed by atoms with Crippen LogP contribution in [0.15, 0.2) is 11.6 Å². The lowest BCUT2D eigenvalue weighted by molar-refractivity contribution is 1.83. The van der Waals surface area contributed by atoms with Gasteiger partial charge in [0.15, 0.2) is 0 Å². The van der Waals surface area contributed by atoms with Crippen molar-refractivity contribution in [3.63, 3.8) is 0 Å². The van der Waals surface area contributed by atoms with Gasteiger partial charge in [-0.2, -0.15) is 12.6 Å². The van der Waals surface area contributed by atoms with Crippen molar-refractivity contribution in [2.24, 2.45) is 0 Å². The lowest BCUT2D eigenvalue weighted by Crippen LogP contribution is -1.49. The predicted octanol–water partition coefficient (Wildman–Crippen LogP) is 1.67. The molecular weight excluding hydrogens is 104 g/mol. The van der Waals surface area contributed by atoms with Gasteiger partial charge in [0.1, 0.15) is 0 Å². The summed E-state index contributed by atoms with van der Waals surface area (Å²) < 4.78 is 0. The third-order valence-corrected chi connectivity index (χ3v) is 0.583. The molecule has 0 N–H and O–H groups in total. The third-order valence-electron chi connectivity index (χ3n) is 0.194. The van der Waals surface area contributed by atoms with Crippen LogP contribution in [0.1, 0.15) is 0 Å². The van der Waals surface area contributed by atoms with Crippen LogP contribution in [-0.4, -0.2) is 5.75 Å². The standard InChI is InChI=1S/C3H5ClS/c4-2-1-3-5/h1-2,5H,3H2/b2-1+. The summed E-state index contributed by atoms with van der Waals surface area (Å²) >= 11 is 8.90. The van der Waals surface area contributed by atoms with E-state index in [0.29, 0.717) is 0 Å². The molecule has 0 fully saturated rings. The topological polar surface area (TPSA) is 0 Å². The molecule has 0 aromatic heterocycles. The number of rotatable bonds is 1. The summed E-state index contributed by atoms with van der Waals surface area (Å²) in [5.41, 5.74) is 1.45. The molecule has 0 aliphatic rings. The van der Waals surface area contributed by atoms with E-state index >= 15 is 0 Å². The average Bonchev–Trinajstić information content (AvgIpc) is 1.41. The Labute approximate surface area is 42.2 Å². The second-order valence-corrected chi connectivity index (χ2v) is 1.16. The molecular formula is C3H5ClS. The molecule has 0 aromatic carbocycles. The van der Waals surface area contributed by atoms with Gasteiger partial charge in [0.25, 0.3) is 0 Å². The van der Waals surface area contributed by atoms with Crippen molar-refractivity contribution >= 4 is 24.2 Å². The molecule has 0 aliphatic carbocycles. The van der Waals surface area contributed by atoms with Crippen LogP contribution in [0.2, 0.25) is 0 Å². The Balaban J connectivity index is 2.62. The highest BCUT2D eigenvalue weighted by molar-refractivity contribution is 7.80. The van der Waals surface area contributed by atoms with Crippen LogP contribution in [0, 0.1) is 0 Å². The maximum absolute atomic E-state index is 5.07. The van der Waals surface area contributed by atoms with Crippen molar-refractivity contribution in [2.75, 3.05) is 5.75 Å². The average molecular weight is 109 g/mol. The Hall–Kier alpha value is 0.380. The van der Waals surface area contributed by atoms with Crippen molar-refractivity contribution in [1.82, 2.24) is 0 Å². The third kappa shape index (κ3) is 4.38. The lowest BCUT2D eigenvalue weighted by Gasteiger charge is -1.63. The van der Waals surface area contributed by atoms with E-state index in [1.165, 1.54) is 5.54 Å². The number of hydrogen-bond donors (Lipinski definition) is 1. The van der Waals surface area contributed by atoms with Crippen molar-refractivity contribution in [3.05, 3.63) is 11.6 Å². The first-order valence-corrected chi connectivity index (χ1v) is 2.34. The van der Waals surface area contributed by atoms with E-state index in [-0.39, 0.29) is 0 Å². The van der Waals surface area contributed by atoms with E-state index in [4.69, 9.17) is 11.6 Å². The van der Waals surface area contributed by atoms with Gasteiger partial charge < -0.3 is 0 Å². The molecule has 0 saturated carbocycles. The van der Waals surface area contributed by atoms with E-state index in [2.05, 4.69) is 12.6 Å². The Morgan fingerprint density at radius 3 is 2.40 bits per heavy atom. The number of halogens is 1. The predicted molar refractivity (Wildman–Crippen MR) is 28.8 cm³/mol. The van der Waals surface area contributed by atoms with Crippen molar-refractivity contribution in [2.45, 2.75) is 0 Å². The van der Waals surface area contributed by atoms with Crippen LogP contribution in [0.3, 0.4) is 0 Å². The zero-order chi connectivity index (χ0) is 4.12. The van der Waals surface area contributed by atoms with Gasteiger partial charge in [-0.25, -0.2) is 0 Å². The summed E-state index contributed by atoms with van der Waals surface area (Å²) in [6.07, 6.45) is 1.75. The maximum Gasteiger partial charge on any atom is 0.00942 e. The Morgan fingerprint density at radius 2 is 2.40 bits per heavy atom. The van der Waals surface area contributed by atoms with Crippen molar-refractivity contribution in [3.8, 4) is 0 Å². The first-order chi connectivity index (χ1) is 2.41. The fourth-order valence-electron chi connectivity index (χ4n) is 0.0398. The van der Waals surface area contributed by atoms with Crippen LogP contribution in [0.25, 0.3) is 0 Å². The molecule has 0 spiro atoms. The summed E-state index contributed by atoms with van der Waals surface area (Å²) in [6.45, 7) is 0. The molecule has 0 unspecified atom stereocenters. The largest absolute Gasteiger partial charge is 0.175 e. The van der Waals surface area contributed by atoms with Gasteiger partial charge in [-0.3, -0.25) is 0 Å². The van der Waals surface area contributed by atoms with Crippen LogP contribution in [0.5, 0.6) is 0 Å². The normalized spacial score (nSPS) is 10.0. The second-order valence-electron chi connectivity index (χ2n) is 0.544. The summed E-state index contributed by atoms with van der Waals surface area (Å²) in [6, 6.07) is 0. The molecule has 30 valence electrons. The number of thiol groups is 1.